The highest BCUT2D eigenvalue weighted by atomic mass is 32.2. The van der Waals surface area contributed by atoms with E-state index in [2.05, 4.69) is 0 Å². The molecule has 3 aromatic carbocycles. The number of aromatic nitrogens is 2. The predicted octanol–water partition coefficient (Wildman–Crippen LogP) is 3.62. The van der Waals surface area contributed by atoms with Crippen molar-refractivity contribution in [2.24, 2.45) is 14.1 Å². The minimum absolute atomic E-state index is 0.101. The van der Waals surface area contributed by atoms with Crippen LogP contribution in [0.2, 0.25) is 0 Å². The van der Waals surface area contributed by atoms with Gasteiger partial charge in [0.05, 0.1) is 28.2 Å². The van der Waals surface area contributed by atoms with Crippen molar-refractivity contribution in [3.05, 3.63) is 88.3 Å². The maximum absolute atomic E-state index is 13.9. The molecule has 0 unspecified atom stereocenters. The average Bonchev–Trinajstić information content (AvgIpc) is 3.04. The highest BCUT2D eigenvalue weighted by Gasteiger charge is 2.32. The third kappa shape index (κ3) is 3.99. The monoisotopic (exact) mass is 479 g/mol. The number of anilines is 1. The number of ether oxygens (including phenoxy) is 1. The maximum atomic E-state index is 13.9. The average molecular weight is 480 g/mol. The smallest absolute Gasteiger partial charge is 0.328 e. The summed E-state index contributed by atoms with van der Waals surface area (Å²) in [4.78, 5) is 25.7. The molecule has 0 spiro atoms. The maximum Gasteiger partial charge on any atom is 0.328 e. The van der Waals surface area contributed by atoms with Gasteiger partial charge in [0, 0.05) is 19.7 Å². The molecule has 176 valence electrons. The molecule has 1 aromatic heterocycles. The summed E-state index contributed by atoms with van der Waals surface area (Å²) in [6.07, 6.45) is 0. The van der Waals surface area contributed by atoms with Crippen molar-refractivity contribution < 1.29 is 17.9 Å². The van der Waals surface area contributed by atoms with Crippen molar-refractivity contribution in [1.82, 2.24) is 9.13 Å². The standard InChI is InChI=1S/C25H25N3O5S/c1-5-33-20-12-10-19(11-13-20)28(24(29)18-8-6-17(2)7-9-18)34(31,32)21-14-15-22-23(16-21)27(4)25(30)26(22)3/h6-16H,5H2,1-4H3. The number of amides is 1. The van der Waals surface area contributed by atoms with Crippen molar-refractivity contribution >= 4 is 32.7 Å². The first-order chi connectivity index (χ1) is 16.1. The molecule has 1 heterocycles. The molecule has 0 aliphatic carbocycles. The number of imidazole rings is 1. The SMILES string of the molecule is CCOc1ccc(N(C(=O)c2ccc(C)cc2)S(=O)(=O)c2ccc3c(c2)n(C)c(=O)n3C)cc1. The van der Waals surface area contributed by atoms with Crippen LogP contribution in [0.3, 0.4) is 0 Å². The van der Waals surface area contributed by atoms with Gasteiger partial charge >= 0.3 is 5.69 Å². The number of carbonyl (C=O) groups excluding carboxylic acids is 1. The summed E-state index contributed by atoms with van der Waals surface area (Å²) in [5.74, 6) is -0.127. The topological polar surface area (TPSA) is 90.6 Å². The minimum Gasteiger partial charge on any atom is -0.494 e. The Labute approximate surface area is 197 Å². The Morgan fingerprint density at radius 2 is 1.53 bits per heavy atom. The van der Waals surface area contributed by atoms with E-state index in [4.69, 9.17) is 4.74 Å². The number of hydrogen-bond donors (Lipinski definition) is 0. The number of benzene rings is 3. The van der Waals surface area contributed by atoms with Crippen LogP contribution in [0.1, 0.15) is 22.8 Å². The molecule has 8 nitrogen and oxygen atoms in total. The van der Waals surface area contributed by atoms with Crippen LogP contribution in [0.15, 0.2) is 76.4 Å². The fourth-order valence-corrected chi connectivity index (χ4v) is 5.21. The number of nitrogens with zero attached hydrogens (tertiary/aromatic N) is 3. The van der Waals surface area contributed by atoms with Gasteiger partial charge in [-0.3, -0.25) is 13.9 Å². The lowest BCUT2D eigenvalue weighted by Crippen LogP contribution is -2.37. The molecule has 0 aliphatic heterocycles. The van der Waals surface area contributed by atoms with E-state index in [9.17, 15) is 18.0 Å². The van der Waals surface area contributed by atoms with Crippen LogP contribution in [-0.4, -0.2) is 30.1 Å². The van der Waals surface area contributed by atoms with E-state index in [1.807, 2.05) is 13.8 Å². The normalized spacial score (nSPS) is 11.5. The van der Waals surface area contributed by atoms with Gasteiger partial charge in [-0.05, 0) is 68.4 Å². The number of rotatable bonds is 6. The molecule has 0 radical (unpaired) electrons. The fraction of sp³-hybridized carbons (Fsp3) is 0.200. The number of sulfonamides is 1. The Hall–Kier alpha value is -3.85. The Morgan fingerprint density at radius 1 is 0.912 bits per heavy atom. The van der Waals surface area contributed by atoms with Crippen molar-refractivity contribution in [2.45, 2.75) is 18.7 Å². The number of carbonyl (C=O) groups is 1. The number of fused-ring (bicyclic) bond motifs is 1. The van der Waals surface area contributed by atoms with Crippen molar-refractivity contribution in [3.63, 3.8) is 0 Å². The Kier molecular flexibility index (Phi) is 6.05. The molecule has 0 saturated carbocycles. The van der Waals surface area contributed by atoms with Gasteiger partial charge in [-0.1, -0.05) is 17.7 Å². The molecule has 0 aliphatic rings. The number of aryl methyl sites for hydroxylation is 3. The summed E-state index contributed by atoms with van der Waals surface area (Å²) in [7, 11) is -1.14. The molecule has 0 atom stereocenters. The third-order valence-electron chi connectivity index (χ3n) is 5.65. The van der Waals surface area contributed by atoms with E-state index in [0.29, 0.717) is 23.4 Å². The van der Waals surface area contributed by atoms with Gasteiger partial charge in [0.1, 0.15) is 5.75 Å². The molecule has 9 heteroatoms. The zero-order chi connectivity index (χ0) is 24.6. The molecule has 4 aromatic rings. The van der Waals surface area contributed by atoms with E-state index >= 15 is 0 Å². The van der Waals surface area contributed by atoms with Gasteiger partial charge in [-0.2, -0.15) is 4.31 Å². The van der Waals surface area contributed by atoms with Crippen molar-refractivity contribution in [1.29, 1.82) is 0 Å². The molecule has 0 fully saturated rings. The summed E-state index contributed by atoms with van der Waals surface area (Å²) in [6.45, 7) is 4.19. The molecule has 4 rings (SSSR count). The van der Waals surface area contributed by atoms with Crippen LogP contribution in [0.25, 0.3) is 11.0 Å². The predicted molar refractivity (Wildman–Crippen MR) is 131 cm³/mol. The van der Waals surface area contributed by atoms with Crippen LogP contribution in [0, 0.1) is 6.92 Å². The lowest BCUT2D eigenvalue weighted by molar-refractivity contribution is 0.101. The quantitative estimate of drug-likeness (QED) is 0.421. The molecular weight excluding hydrogens is 454 g/mol. The molecule has 0 N–H and O–H groups in total. The van der Waals surface area contributed by atoms with E-state index in [0.717, 1.165) is 9.87 Å². The van der Waals surface area contributed by atoms with Crippen molar-refractivity contribution in [3.8, 4) is 5.75 Å². The Bertz CT molecular complexity index is 1530. The lowest BCUT2D eigenvalue weighted by Gasteiger charge is -2.23. The Balaban J connectivity index is 1.88. The second kappa shape index (κ2) is 8.83. The molecular formula is C25H25N3O5S. The Morgan fingerprint density at radius 3 is 2.15 bits per heavy atom. The van der Waals surface area contributed by atoms with Gasteiger partial charge in [-0.25, -0.2) is 13.2 Å². The second-order valence-electron chi connectivity index (χ2n) is 7.92. The summed E-state index contributed by atoms with van der Waals surface area (Å²) < 4.78 is 36.8. The van der Waals surface area contributed by atoms with E-state index in [1.165, 1.54) is 33.4 Å². The van der Waals surface area contributed by atoms with Gasteiger partial charge in [-0.15, -0.1) is 0 Å². The fourth-order valence-electron chi connectivity index (χ4n) is 3.78. The molecule has 0 bridgehead atoms. The zero-order valence-corrected chi connectivity index (χ0v) is 20.2. The van der Waals surface area contributed by atoms with Gasteiger partial charge < -0.3 is 4.74 Å². The van der Waals surface area contributed by atoms with Crippen LogP contribution < -0.4 is 14.7 Å². The highest BCUT2D eigenvalue weighted by molar-refractivity contribution is 7.93. The minimum atomic E-state index is -4.33. The first-order valence-corrected chi connectivity index (χ1v) is 12.1. The van der Waals surface area contributed by atoms with Crippen molar-refractivity contribution in [2.75, 3.05) is 10.9 Å². The van der Waals surface area contributed by atoms with Crippen LogP contribution in [0.5, 0.6) is 5.75 Å². The first kappa shape index (κ1) is 23.3. The van der Waals surface area contributed by atoms with Gasteiger partial charge in [0.2, 0.25) is 0 Å². The zero-order valence-electron chi connectivity index (χ0n) is 19.3. The van der Waals surface area contributed by atoms with E-state index < -0.39 is 15.9 Å². The van der Waals surface area contributed by atoms with Gasteiger partial charge in [0.15, 0.2) is 0 Å². The summed E-state index contributed by atoms with van der Waals surface area (Å²) in [5.41, 5.74) is 2.12. The summed E-state index contributed by atoms with van der Waals surface area (Å²) in [5, 5.41) is 0. The number of hydrogen-bond acceptors (Lipinski definition) is 5. The summed E-state index contributed by atoms with van der Waals surface area (Å²) in [6, 6.07) is 17.4. The molecule has 0 saturated heterocycles. The van der Waals surface area contributed by atoms with E-state index in [-0.39, 0.29) is 21.8 Å². The van der Waals surface area contributed by atoms with E-state index in [1.54, 1.807) is 56.6 Å². The van der Waals surface area contributed by atoms with Crippen LogP contribution in [-0.2, 0) is 24.1 Å². The molecule has 34 heavy (non-hydrogen) atoms. The highest BCUT2D eigenvalue weighted by Crippen LogP contribution is 2.29. The second-order valence-corrected chi connectivity index (χ2v) is 9.71. The first-order valence-electron chi connectivity index (χ1n) is 10.7. The largest absolute Gasteiger partial charge is 0.494 e. The summed E-state index contributed by atoms with van der Waals surface area (Å²) >= 11 is 0. The molecule has 1 amide bonds. The van der Waals surface area contributed by atoms with Crippen LogP contribution >= 0.6 is 0 Å². The van der Waals surface area contributed by atoms with Crippen LogP contribution in [0.4, 0.5) is 5.69 Å². The third-order valence-corrected chi connectivity index (χ3v) is 7.35. The lowest BCUT2D eigenvalue weighted by atomic mass is 10.1. The van der Waals surface area contributed by atoms with Gasteiger partial charge in [0.25, 0.3) is 15.9 Å².